The second kappa shape index (κ2) is 5.30. The maximum atomic E-state index is 13.7. The summed E-state index contributed by atoms with van der Waals surface area (Å²) in [6.45, 7) is 1.45. The van der Waals surface area contributed by atoms with Gasteiger partial charge in [0.15, 0.2) is 0 Å². The van der Waals surface area contributed by atoms with Crippen LogP contribution in [0, 0.1) is 18.6 Å². The van der Waals surface area contributed by atoms with Crippen LogP contribution in [0.1, 0.15) is 5.56 Å². The van der Waals surface area contributed by atoms with Crippen LogP contribution in [0.3, 0.4) is 0 Å². The third-order valence-corrected chi connectivity index (χ3v) is 3.83. The number of sulfonamides is 1. The van der Waals surface area contributed by atoms with Crippen molar-refractivity contribution in [3.05, 3.63) is 47.5 Å². The lowest BCUT2D eigenvalue weighted by Gasteiger charge is -2.11. The average molecular weight is 313 g/mol. The Hall–Kier alpha value is -2.19. The molecule has 0 heterocycles. The molecule has 21 heavy (non-hydrogen) atoms. The quantitative estimate of drug-likeness (QED) is 0.757. The number of primary sulfonamides is 1. The molecule has 0 saturated carbocycles. The topological polar surface area (TPSA) is 98.2 Å². The Labute approximate surface area is 120 Å². The van der Waals surface area contributed by atoms with Crippen molar-refractivity contribution in [1.29, 1.82) is 0 Å². The van der Waals surface area contributed by atoms with E-state index in [-0.39, 0.29) is 21.8 Å². The summed E-state index contributed by atoms with van der Waals surface area (Å²) in [6.07, 6.45) is 0. The lowest BCUT2D eigenvalue weighted by atomic mass is 10.2. The van der Waals surface area contributed by atoms with Gasteiger partial charge in [0.25, 0.3) is 0 Å². The SMILES string of the molecule is Cc1cc(F)c(Nc2ccc(S(N)(=O)=O)c(N)c2)cc1F. The molecule has 0 aliphatic heterocycles. The summed E-state index contributed by atoms with van der Waals surface area (Å²) in [4.78, 5) is -0.233. The summed E-state index contributed by atoms with van der Waals surface area (Å²) in [7, 11) is -3.93. The van der Waals surface area contributed by atoms with Crippen LogP contribution >= 0.6 is 0 Å². The van der Waals surface area contributed by atoms with E-state index in [1.165, 1.54) is 25.1 Å². The first-order chi connectivity index (χ1) is 9.68. The maximum absolute atomic E-state index is 13.7. The monoisotopic (exact) mass is 313 g/mol. The molecular formula is C13H13F2N3O2S. The van der Waals surface area contributed by atoms with Crippen molar-refractivity contribution < 1.29 is 17.2 Å². The van der Waals surface area contributed by atoms with Gasteiger partial charge >= 0.3 is 0 Å². The number of nitrogens with one attached hydrogen (secondary N) is 1. The third kappa shape index (κ3) is 3.29. The standard InChI is InChI=1S/C13H13F2N3O2S/c1-7-4-10(15)12(6-9(7)14)18-8-2-3-13(11(16)5-8)21(17,19)20/h2-6,18H,16H2,1H3,(H2,17,19,20). The van der Waals surface area contributed by atoms with E-state index in [1.807, 2.05) is 0 Å². The van der Waals surface area contributed by atoms with Crippen molar-refractivity contribution in [2.45, 2.75) is 11.8 Å². The normalized spacial score (nSPS) is 11.4. The summed E-state index contributed by atoms with van der Waals surface area (Å²) >= 11 is 0. The number of hydrogen-bond donors (Lipinski definition) is 3. The molecule has 0 fully saturated rings. The molecule has 0 aromatic heterocycles. The van der Waals surface area contributed by atoms with Crippen LogP contribution in [-0.4, -0.2) is 8.42 Å². The number of halogens is 2. The van der Waals surface area contributed by atoms with Gasteiger partial charge in [0.2, 0.25) is 10.0 Å². The lowest BCUT2D eigenvalue weighted by Crippen LogP contribution is -2.14. The van der Waals surface area contributed by atoms with Crippen molar-refractivity contribution in [3.8, 4) is 0 Å². The summed E-state index contributed by atoms with van der Waals surface area (Å²) in [5.41, 5.74) is 5.91. The molecule has 0 radical (unpaired) electrons. The van der Waals surface area contributed by atoms with E-state index in [1.54, 1.807) is 0 Å². The van der Waals surface area contributed by atoms with Gasteiger partial charge in [0, 0.05) is 11.8 Å². The van der Waals surface area contributed by atoms with Crippen molar-refractivity contribution >= 4 is 27.1 Å². The molecule has 2 aromatic carbocycles. The lowest BCUT2D eigenvalue weighted by molar-refractivity contribution is 0.595. The first-order valence-electron chi connectivity index (χ1n) is 5.83. The Bertz CT molecular complexity index is 807. The van der Waals surface area contributed by atoms with E-state index in [0.29, 0.717) is 5.69 Å². The molecule has 0 spiro atoms. The first-order valence-corrected chi connectivity index (χ1v) is 7.38. The Kier molecular flexibility index (Phi) is 3.84. The number of nitrogens with two attached hydrogens (primary N) is 2. The van der Waals surface area contributed by atoms with E-state index in [2.05, 4.69) is 5.32 Å². The Morgan fingerprint density at radius 3 is 2.33 bits per heavy atom. The van der Waals surface area contributed by atoms with Crippen molar-refractivity contribution in [2.24, 2.45) is 5.14 Å². The third-order valence-electron chi connectivity index (χ3n) is 2.84. The molecule has 5 nitrogen and oxygen atoms in total. The van der Waals surface area contributed by atoms with Crippen molar-refractivity contribution in [1.82, 2.24) is 0 Å². The van der Waals surface area contributed by atoms with Gasteiger partial charge in [-0.05, 0) is 36.8 Å². The van der Waals surface area contributed by atoms with E-state index in [9.17, 15) is 17.2 Å². The van der Waals surface area contributed by atoms with Gasteiger partial charge in [0.1, 0.15) is 16.5 Å². The number of rotatable bonds is 3. The van der Waals surface area contributed by atoms with E-state index < -0.39 is 21.7 Å². The Balaban J connectivity index is 2.38. The van der Waals surface area contributed by atoms with Gasteiger partial charge < -0.3 is 11.1 Å². The van der Waals surface area contributed by atoms with E-state index in [0.717, 1.165) is 12.1 Å². The molecule has 0 aliphatic carbocycles. The summed E-state index contributed by atoms with van der Waals surface area (Å²) in [5.74, 6) is -1.20. The highest BCUT2D eigenvalue weighted by molar-refractivity contribution is 7.89. The second-order valence-electron chi connectivity index (χ2n) is 4.50. The molecule has 0 amide bonds. The number of nitrogen functional groups attached to an aromatic ring is 1. The highest BCUT2D eigenvalue weighted by Gasteiger charge is 2.13. The van der Waals surface area contributed by atoms with Crippen LogP contribution in [0.5, 0.6) is 0 Å². The van der Waals surface area contributed by atoms with Gasteiger partial charge in [-0.1, -0.05) is 0 Å². The summed E-state index contributed by atoms with van der Waals surface area (Å²) in [5, 5.41) is 7.61. The fourth-order valence-electron chi connectivity index (χ4n) is 1.78. The van der Waals surface area contributed by atoms with Gasteiger partial charge in [0.05, 0.1) is 11.4 Å². The van der Waals surface area contributed by atoms with Crippen molar-refractivity contribution in [3.63, 3.8) is 0 Å². The molecule has 2 aromatic rings. The number of hydrogen-bond acceptors (Lipinski definition) is 4. The van der Waals surface area contributed by atoms with Crippen LogP contribution in [0.2, 0.25) is 0 Å². The second-order valence-corrected chi connectivity index (χ2v) is 6.03. The summed E-state index contributed by atoms with van der Waals surface area (Å²) in [6, 6.07) is 5.88. The largest absolute Gasteiger partial charge is 0.398 e. The molecule has 8 heteroatoms. The van der Waals surface area contributed by atoms with Crippen LogP contribution in [-0.2, 0) is 10.0 Å². The van der Waals surface area contributed by atoms with Gasteiger partial charge in [-0.2, -0.15) is 0 Å². The number of benzene rings is 2. The number of anilines is 3. The molecule has 0 saturated heterocycles. The first kappa shape index (κ1) is 15.2. The molecule has 112 valence electrons. The predicted octanol–water partition coefficient (Wildman–Crippen LogP) is 2.25. The molecule has 5 N–H and O–H groups in total. The van der Waals surface area contributed by atoms with Crippen LogP contribution < -0.4 is 16.2 Å². The molecular weight excluding hydrogens is 300 g/mol. The minimum atomic E-state index is -3.93. The molecule has 0 aliphatic rings. The van der Waals surface area contributed by atoms with Gasteiger partial charge in [-0.15, -0.1) is 0 Å². The van der Waals surface area contributed by atoms with Crippen LogP contribution in [0.15, 0.2) is 35.2 Å². The van der Waals surface area contributed by atoms with Crippen LogP contribution in [0.4, 0.5) is 25.8 Å². The zero-order chi connectivity index (χ0) is 15.8. The predicted molar refractivity (Wildman–Crippen MR) is 76.6 cm³/mol. The van der Waals surface area contributed by atoms with E-state index >= 15 is 0 Å². The van der Waals surface area contributed by atoms with Crippen molar-refractivity contribution in [2.75, 3.05) is 11.1 Å². The van der Waals surface area contributed by atoms with E-state index in [4.69, 9.17) is 10.9 Å². The van der Waals surface area contributed by atoms with Gasteiger partial charge in [-0.3, -0.25) is 0 Å². The zero-order valence-electron chi connectivity index (χ0n) is 11.0. The molecule has 0 atom stereocenters. The zero-order valence-corrected chi connectivity index (χ0v) is 11.8. The Morgan fingerprint density at radius 1 is 1.10 bits per heavy atom. The minimum Gasteiger partial charge on any atom is -0.398 e. The smallest absolute Gasteiger partial charge is 0.240 e. The fraction of sp³-hybridized carbons (Fsp3) is 0.0769. The molecule has 2 rings (SSSR count). The summed E-state index contributed by atoms with van der Waals surface area (Å²) < 4.78 is 49.6. The maximum Gasteiger partial charge on any atom is 0.240 e. The van der Waals surface area contributed by atoms with Gasteiger partial charge in [-0.25, -0.2) is 22.3 Å². The highest BCUT2D eigenvalue weighted by Crippen LogP contribution is 2.26. The van der Waals surface area contributed by atoms with Crippen LogP contribution in [0.25, 0.3) is 0 Å². The highest BCUT2D eigenvalue weighted by atomic mass is 32.2. The minimum absolute atomic E-state index is 0.0825. The number of aryl methyl sites for hydroxylation is 1. The molecule has 0 unspecified atom stereocenters. The average Bonchev–Trinajstić information content (AvgIpc) is 2.34. The molecule has 0 bridgehead atoms. The fourth-order valence-corrected chi connectivity index (χ4v) is 2.43. The Morgan fingerprint density at radius 2 is 1.76 bits per heavy atom.